The number of amides is 1. The second-order valence-corrected chi connectivity index (χ2v) is 7.86. The highest BCUT2D eigenvalue weighted by Crippen LogP contribution is 2.38. The molecule has 7 heteroatoms. The van der Waals surface area contributed by atoms with Crippen molar-refractivity contribution in [1.29, 1.82) is 0 Å². The van der Waals surface area contributed by atoms with E-state index in [1.807, 2.05) is 24.0 Å². The fraction of sp³-hybridized carbons (Fsp3) is 0.450. The molecule has 0 radical (unpaired) electrons. The number of aromatic nitrogens is 2. The van der Waals surface area contributed by atoms with E-state index in [9.17, 15) is 9.90 Å². The van der Waals surface area contributed by atoms with Gasteiger partial charge >= 0.3 is 0 Å². The Kier molecular flexibility index (Phi) is 5.02. The first kappa shape index (κ1) is 18.2. The number of aliphatic hydroxyl groups is 1. The van der Waals surface area contributed by atoms with Crippen LogP contribution in [0.5, 0.6) is 5.75 Å². The Labute approximate surface area is 163 Å². The van der Waals surface area contributed by atoms with E-state index in [1.165, 1.54) is 6.20 Å². The van der Waals surface area contributed by atoms with E-state index < -0.39 is 6.10 Å². The van der Waals surface area contributed by atoms with Gasteiger partial charge in [0.1, 0.15) is 17.5 Å². The predicted octanol–water partition coefficient (Wildman–Crippen LogP) is 2.73. The number of aliphatic hydroxyl groups excluding tert-OH is 1. The Balaban J connectivity index is 1.42. The maximum absolute atomic E-state index is 12.7. The summed E-state index contributed by atoms with van der Waals surface area (Å²) in [6.07, 6.45) is 3.62. The van der Waals surface area contributed by atoms with Crippen LogP contribution in [0.2, 0.25) is 5.02 Å². The molecular formula is C20H22ClN3O3. The Hall–Kier alpha value is -2.18. The molecule has 0 bridgehead atoms. The molecule has 4 rings (SSSR count). The molecule has 142 valence electrons. The molecule has 2 fully saturated rings. The van der Waals surface area contributed by atoms with E-state index in [-0.39, 0.29) is 17.9 Å². The van der Waals surface area contributed by atoms with Crippen molar-refractivity contribution in [3.8, 4) is 5.75 Å². The number of rotatable bonds is 3. The molecule has 1 amide bonds. The van der Waals surface area contributed by atoms with Crippen molar-refractivity contribution < 1.29 is 14.6 Å². The third-order valence-electron chi connectivity index (χ3n) is 5.46. The summed E-state index contributed by atoms with van der Waals surface area (Å²) >= 11 is 6.01. The molecule has 2 heterocycles. The van der Waals surface area contributed by atoms with Gasteiger partial charge in [-0.25, -0.2) is 4.98 Å². The van der Waals surface area contributed by atoms with E-state index in [4.69, 9.17) is 16.3 Å². The molecule has 6 nitrogen and oxygen atoms in total. The van der Waals surface area contributed by atoms with Gasteiger partial charge in [0, 0.05) is 24.3 Å². The van der Waals surface area contributed by atoms with Gasteiger partial charge in [-0.3, -0.25) is 9.78 Å². The average Bonchev–Trinajstić information content (AvgIpc) is 3.05. The zero-order valence-electron chi connectivity index (χ0n) is 15.1. The summed E-state index contributed by atoms with van der Waals surface area (Å²) in [5.74, 6) is 1.14. The van der Waals surface area contributed by atoms with Gasteiger partial charge in [-0.05, 0) is 49.8 Å². The summed E-state index contributed by atoms with van der Waals surface area (Å²) in [5.41, 5.74) is 1.15. The minimum Gasteiger partial charge on any atom is -0.488 e. The van der Waals surface area contributed by atoms with Crippen LogP contribution in [0.15, 0.2) is 36.7 Å². The number of nitrogens with zero attached hydrogens (tertiary/aromatic N) is 3. The van der Waals surface area contributed by atoms with Gasteiger partial charge in [-0.15, -0.1) is 0 Å². The van der Waals surface area contributed by atoms with Crippen LogP contribution in [-0.4, -0.2) is 51.2 Å². The molecule has 1 aliphatic carbocycles. The second kappa shape index (κ2) is 7.44. The summed E-state index contributed by atoms with van der Waals surface area (Å²) < 4.78 is 5.99. The number of aryl methyl sites for hydroxylation is 1. The Morgan fingerprint density at radius 1 is 1.22 bits per heavy atom. The highest BCUT2D eigenvalue weighted by atomic mass is 35.5. The summed E-state index contributed by atoms with van der Waals surface area (Å²) in [6.45, 7) is 3.13. The van der Waals surface area contributed by atoms with Gasteiger partial charge in [-0.2, -0.15) is 0 Å². The van der Waals surface area contributed by atoms with E-state index in [2.05, 4.69) is 9.97 Å². The maximum Gasteiger partial charge on any atom is 0.274 e. The topological polar surface area (TPSA) is 75.6 Å². The lowest BCUT2D eigenvalue weighted by atomic mass is 9.78. The number of carbonyl (C=O) groups is 1. The fourth-order valence-electron chi connectivity index (χ4n) is 4.06. The summed E-state index contributed by atoms with van der Waals surface area (Å²) in [5, 5.41) is 11.1. The number of likely N-dealkylation sites (tertiary alicyclic amines) is 1. The number of benzene rings is 1. The molecule has 1 saturated heterocycles. The lowest BCUT2D eigenvalue weighted by Crippen LogP contribution is -2.42. The quantitative estimate of drug-likeness (QED) is 0.876. The van der Waals surface area contributed by atoms with Gasteiger partial charge in [0.05, 0.1) is 18.0 Å². The monoisotopic (exact) mass is 387 g/mol. The highest BCUT2D eigenvalue weighted by molar-refractivity contribution is 6.30. The van der Waals surface area contributed by atoms with Crippen molar-refractivity contribution in [3.05, 3.63) is 53.1 Å². The van der Waals surface area contributed by atoms with E-state index in [0.717, 1.165) is 5.69 Å². The molecule has 27 heavy (non-hydrogen) atoms. The normalized spacial score (nSPS) is 27.3. The molecule has 2 aromatic rings. The molecule has 0 spiro atoms. The van der Waals surface area contributed by atoms with Gasteiger partial charge in [0.15, 0.2) is 0 Å². The number of hydrogen-bond acceptors (Lipinski definition) is 5. The number of fused-ring (bicyclic) bond motifs is 1. The van der Waals surface area contributed by atoms with Gasteiger partial charge in [0.2, 0.25) is 0 Å². The maximum atomic E-state index is 12.7. The van der Waals surface area contributed by atoms with Crippen LogP contribution in [0.4, 0.5) is 0 Å². The molecule has 1 aromatic carbocycles. The van der Waals surface area contributed by atoms with E-state index >= 15 is 0 Å². The van der Waals surface area contributed by atoms with Gasteiger partial charge in [-0.1, -0.05) is 17.7 Å². The van der Waals surface area contributed by atoms with Crippen LogP contribution in [0, 0.1) is 18.8 Å². The van der Waals surface area contributed by atoms with Crippen molar-refractivity contribution >= 4 is 17.5 Å². The van der Waals surface area contributed by atoms with Gasteiger partial charge < -0.3 is 14.7 Å². The number of halogens is 1. The van der Waals surface area contributed by atoms with Crippen LogP contribution in [0.1, 0.15) is 29.0 Å². The number of carbonyl (C=O) groups excluding carboxylic acids is 1. The summed E-state index contributed by atoms with van der Waals surface area (Å²) in [7, 11) is 0. The number of ether oxygens (including phenoxy) is 1. The lowest BCUT2D eigenvalue weighted by molar-refractivity contribution is -0.0231. The largest absolute Gasteiger partial charge is 0.488 e. The van der Waals surface area contributed by atoms with Crippen molar-refractivity contribution in [2.24, 2.45) is 11.8 Å². The first-order chi connectivity index (χ1) is 13.0. The predicted molar refractivity (Wildman–Crippen MR) is 101 cm³/mol. The van der Waals surface area contributed by atoms with Crippen molar-refractivity contribution in [2.45, 2.75) is 32.0 Å². The van der Waals surface area contributed by atoms with Gasteiger partial charge in [0.25, 0.3) is 5.91 Å². The third-order valence-corrected chi connectivity index (χ3v) is 5.69. The average molecular weight is 388 g/mol. The zero-order chi connectivity index (χ0) is 19.0. The van der Waals surface area contributed by atoms with Crippen LogP contribution in [0.25, 0.3) is 0 Å². The van der Waals surface area contributed by atoms with Crippen molar-refractivity contribution in [2.75, 3.05) is 13.1 Å². The molecule has 0 unspecified atom stereocenters. The molecule has 1 aliphatic heterocycles. The lowest BCUT2D eigenvalue weighted by Gasteiger charge is -2.35. The molecule has 4 atom stereocenters. The smallest absolute Gasteiger partial charge is 0.274 e. The van der Waals surface area contributed by atoms with Crippen LogP contribution < -0.4 is 4.74 Å². The highest BCUT2D eigenvalue weighted by Gasteiger charge is 2.44. The SMILES string of the molecule is Cc1cnc(C(=O)N2C[C@H]3C[C@@H](Oc4cccc(Cl)c4)[C@H](O)C[C@H]3C2)cn1. The minimum absolute atomic E-state index is 0.0984. The molecule has 1 saturated carbocycles. The van der Waals surface area contributed by atoms with Crippen molar-refractivity contribution in [3.63, 3.8) is 0 Å². The van der Waals surface area contributed by atoms with E-state index in [1.54, 1.807) is 18.3 Å². The molecular weight excluding hydrogens is 366 g/mol. The standard InChI is InChI=1S/C20H22ClN3O3/c1-12-8-23-17(9-22-12)20(26)24-10-13-5-18(25)19(6-14(13)11-24)27-16-4-2-3-15(21)7-16/h2-4,7-9,13-14,18-19,25H,5-6,10-11H2,1H3/t13-,14+,18+,19+/m0/s1. The van der Waals surface area contributed by atoms with Crippen LogP contribution in [0.3, 0.4) is 0 Å². The Bertz CT molecular complexity index is 829. The van der Waals surface area contributed by atoms with Crippen molar-refractivity contribution in [1.82, 2.24) is 14.9 Å². The van der Waals surface area contributed by atoms with Crippen LogP contribution in [-0.2, 0) is 0 Å². The Morgan fingerprint density at radius 3 is 2.70 bits per heavy atom. The molecule has 2 aliphatic rings. The first-order valence-corrected chi connectivity index (χ1v) is 9.55. The zero-order valence-corrected chi connectivity index (χ0v) is 15.8. The third kappa shape index (κ3) is 3.92. The number of hydrogen-bond donors (Lipinski definition) is 1. The first-order valence-electron chi connectivity index (χ1n) is 9.18. The Morgan fingerprint density at radius 2 is 2.00 bits per heavy atom. The minimum atomic E-state index is -0.556. The molecule has 1 N–H and O–H groups in total. The van der Waals surface area contributed by atoms with Crippen LogP contribution >= 0.6 is 11.6 Å². The van der Waals surface area contributed by atoms with E-state index in [0.29, 0.717) is 48.3 Å². The summed E-state index contributed by atoms with van der Waals surface area (Å²) in [6, 6.07) is 7.20. The fourth-order valence-corrected chi connectivity index (χ4v) is 4.24. The molecule has 1 aromatic heterocycles. The summed E-state index contributed by atoms with van der Waals surface area (Å²) in [4.78, 5) is 22.9. The second-order valence-electron chi connectivity index (χ2n) is 7.43.